The van der Waals surface area contributed by atoms with Gasteiger partial charge in [0.2, 0.25) is 5.91 Å². The van der Waals surface area contributed by atoms with Crippen LogP contribution in [0.25, 0.3) is 11.1 Å². The zero-order valence-corrected chi connectivity index (χ0v) is 25.8. The number of anilines is 1. The van der Waals surface area contributed by atoms with E-state index in [1.807, 2.05) is 48.5 Å². The molecule has 0 fully saturated rings. The Morgan fingerprint density at radius 2 is 1.70 bits per heavy atom. The quantitative estimate of drug-likeness (QED) is 0.299. The number of rotatable bonds is 11. The van der Waals surface area contributed by atoms with E-state index in [1.165, 1.54) is 11.1 Å². The summed E-state index contributed by atoms with van der Waals surface area (Å²) < 4.78 is 0. The summed E-state index contributed by atoms with van der Waals surface area (Å²) in [5.74, 6) is -0.228. The first-order valence-corrected chi connectivity index (χ1v) is 12.7. The van der Waals surface area contributed by atoms with Gasteiger partial charge in [-0.1, -0.05) is 50.2 Å². The van der Waals surface area contributed by atoms with E-state index in [4.69, 9.17) is 0 Å². The molecule has 3 aromatic rings. The summed E-state index contributed by atoms with van der Waals surface area (Å²) >= 11 is 0. The van der Waals surface area contributed by atoms with Crippen LogP contribution in [0.1, 0.15) is 30.5 Å². The van der Waals surface area contributed by atoms with Crippen molar-refractivity contribution in [2.75, 3.05) is 38.5 Å². The highest BCUT2D eigenvalue weighted by atomic mass is 35.5. The molecule has 0 atom stereocenters. The summed E-state index contributed by atoms with van der Waals surface area (Å²) in [6.07, 6.45) is 3.61. The van der Waals surface area contributed by atoms with Gasteiger partial charge in [0.15, 0.2) is 0 Å². The fourth-order valence-electron chi connectivity index (χ4n) is 4.41. The van der Waals surface area contributed by atoms with Crippen molar-refractivity contribution in [1.29, 1.82) is 0 Å². The molecule has 0 bridgehead atoms. The number of amides is 2. The third-order valence-corrected chi connectivity index (χ3v) is 6.72. The van der Waals surface area contributed by atoms with Crippen molar-refractivity contribution in [3.8, 4) is 11.1 Å². The summed E-state index contributed by atoms with van der Waals surface area (Å²) in [6, 6.07) is 14.6. The number of aromatic amines is 1. The lowest BCUT2D eigenvalue weighted by atomic mass is 10.1. The van der Waals surface area contributed by atoms with Gasteiger partial charge < -0.3 is 15.5 Å². The van der Waals surface area contributed by atoms with Crippen molar-refractivity contribution < 1.29 is 9.59 Å². The first-order valence-electron chi connectivity index (χ1n) is 12.7. The van der Waals surface area contributed by atoms with Gasteiger partial charge >= 0.3 is 0 Å². The normalized spacial score (nSPS) is 12.0. The van der Waals surface area contributed by atoms with Crippen LogP contribution in [-0.2, 0) is 22.7 Å². The minimum atomic E-state index is -0.120. The Kier molecular flexibility index (Phi) is 14.5. The number of aryl methyl sites for hydroxylation is 1. The zero-order valence-electron chi connectivity index (χ0n) is 23.3. The number of halogens is 3. The van der Waals surface area contributed by atoms with Gasteiger partial charge in [-0.2, -0.15) is 5.10 Å². The lowest BCUT2D eigenvalue weighted by molar-refractivity contribution is -0.151. The van der Waals surface area contributed by atoms with Gasteiger partial charge in [-0.15, -0.1) is 37.2 Å². The Labute approximate surface area is 255 Å². The van der Waals surface area contributed by atoms with Gasteiger partial charge in [0.05, 0.1) is 12.7 Å². The predicted octanol–water partition coefficient (Wildman–Crippen LogP) is 4.28. The van der Waals surface area contributed by atoms with E-state index in [9.17, 15) is 9.59 Å². The zero-order chi connectivity index (χ0) is 26.4. The molecule has 1 aliphatic heterocycles. The molecule has 12 heteroatoms. The van der Waals surface area contributed by atoms with Crippen molar-refractivity contribution in [3.63, 3.8) is 0 Å². The third-order valence-electron chi connectivity index (χ3n) is 6.72. The minimum absolute atomic E-state index is 0. The molecule has 1 aromatic heterocycles. The lowest BCUT2D eigenvalue weighted by Gasteiger charge is -2.31. The number of H-pyrrole nitrogens is 1. The first-order chi connectivity index (χ1) is 17.8. The molecular weight excluding hydrogens is 573 g/mol. The van der Waals surface area contributed by atoms with Gasteiger partial charge in [0.25, 0.3) is 5.91 Å². The van der Waals surface area contributed by atoms with Crippen molar-refractivity contribution in [1.82, 2.24) is 30.4 Å². The molecule has 0 unspecified atom stereocenters. The number of likely N-dealkylation sites (N-methyl/N-ethyl adjacent to an activating group) is 1. The fraction of sp³-hybridized carbons (Fsp3) is 0.393. The Morgan fingerprint density at radius 3 is 2.30 bits per heavy atom. The largest absolute Gasteiger partial charge is 0.376 e. The Hall–Kier alpha value is -2.82. The molecule has 1 aliphatic rings. The number of hydrogen-bond donors (Lipinski definition) is 3. The smallest absolute Gasteiger partial charge is 0.256 e. The highest BCUT2D eigenvalue weighted by molar-refractivity contribution is 5.87. The Bertz CT molecular complexity index is 1200. The first kappa shape index (κ1) is 35.2. The van der Waals surface area contributed by atoms with Crippen LogP contribution in [0.5, 0.6) is 0 Å². The van der Waals surface area contributed by atoms with Gasteiger partial charge in [-0.05, 0) is 35.2 Å². The molecular formula is C28H40Cl3N7O2. The van der Waals surface area contributed by atoms with E-state index < -0.39 is 0 Å². The van der Waals surface area contributed by atoms with Crippen molar-refractivity contribution >= 4 is 54.7 Å². The van der Waals surface area contributed by atoms with Gasteiger partial charge in [-0.25, -0.2) is 5.01 Å². The highest BCUT2D eigenvalue weighted by Crippen LogP contribution is 2.25. The average Bonchev–Trinajstić information content (AvgIpc) is 3.57. The molecule has 2 heterocycles. The lowest BCUT2D eigenvalue weighted by Crippen LogP contribution is -2.49. The fourth-order valence-corrected chi connectivity index (χ4v) is 4.41. The van der Waals surface area contributed by atoms with Gasteiger partial charge in [-0.3, -0.25) is 19.7 Å². The summed E-state index contributed by atoms with van der Waals surface area (Å²) in [4.78, 5) is 28.2. The molecule has 2 aromatic carbocycles. The molecule has 9 nitrogen and oxygen atoms in total. The summed E-state index contributed by atoms with van der Waals surface area (Å²) in [6.45, 7) is 8.70. The Balaban J connectivity index is 0.00000267. The number of nitrogens with one attached hydrogen (secondary N) is 3. The predicted molar refractivity (Wildman–Crippen MR) is 167 cm³/mol. The molecule has 3 N–H and O–H groups in total. The van der Waals surface area contributed by atoms with E-state index in [2.05, 4.69) is 46.8 Å². The maximum Gasteiger partial charge on any atom is 0.256 e. The van der Waals surface area contributed by atoms with E-state index >= 15 is 0 Å². The molecule has 40 heavy (non-hydrogen) atoms. The number of carbonyl (C=O) groups is 2. The summed E-state index contributed by atoms with van der Waals surface area (Å²) in [5.41, 5.74) is 6.37. The SMILES string of the molecule is Cc1ccc(-c2cn[nH]c2)cc1NCC(=O)N(CCNC(C)C)CC(=O)N(C)N1Cc2ccccc2C1.Cl.Cl.Cl. The van der Waals surface area contributed by atoms with E-state index in [-0.39, 0.29) is 62.1 Å². The van der Waals surface area contributed by atoms with Crippen molar-refractivity contribution in [2.24, 2.45) is 0 Å². The monoisotopic (exact) mass is 611 g/mol. The van der Waals surface area contributed by atoms with Crippen LogP contribution < -0.4 is 10.6 Å². The van der Waals surface area contributed by atoms with Crippen molar-refractivity contribution in [3.05, 3.63) is 71.5 Å². The van der Waals surface area contributed by atoms with Crippen LogP contribution in [0.2, 0.25) is 0 Å². The molecule has 0 radical (unpaired) electrons. The molecule has 0 aliphatic carbocycles. The van der Waals surface area contributed by atoms with Crippen LogP contribution in [0.3, 0.4) is 0 Å². The molecule has 4 rings (SSSR count). The standard InChI is InChI=1S/C28H37N7O2.3ClH/c1-20(2)29-11-12-34(19-28(37)33(4)35-17-23-7-5-6-8-24(23)18-35)27(36)16-30-26-13-22(10-9-21(26)3)25-14-31-32-15-25;;;/h5-10,13-15,20,29-30H,11-12,16-19H2,1-4H3,(H,31,32);3*1H. The minimum Gasteiger partial charge on any atom is -0.376 e. The highest BCUT2D eigenvalue weighted by Gasteiger charge is 2.27. The second-order valence-electron chi connectivity index (χ2n) is 9.80. The summed E-state index contributed by atoms with van der Waals surface area (Å²) in [7, 11) is 1.78. The number of benzene rings is 2. The molecule has 0 saturated heterocycles. The third kappa shape index (κ3) is 9.11. The van der Waals surface area contributed by atoms with Crippen LogP contribution in [0, 0.1) is 6.92 Å². The number of carbonyl (C=O) groups excluding carboxylic acids is 2. The van der Waals surface area contributed by atoms with Crippen LogP contribution >= 0.6 is 37.2 Å². The molecule has 2 amide bonds. The second-order valence-corrected chi connectivity index (χ2v) is 9.80. The van der Waals surface area contributed by atoms with Crippen LogP contribution in [0.15, 0.2) is 54.9 Å². The topological polar surface area (TPSA) is 96.6 Å². The maximum absolute atomic E-state index is 13.3. The molecule has 0 spiro atoms. The average molecular weight is 613 g/mol. The van der Waals surface area contributed by atoms with Crippen LogP contribution in [0.4, 0.5) is 5.69 Å². The summed E-state index contributed by atoms with van der Waals surface area (Å²) in [5, 5.41) is 17.2. The van der Waals surface area contributed by atoms with Gasteiger partial charge in [0.1, 0.15) is 6.54 Å². The number of nitrogens with zero attached hydrogens (tertiary/aromatic N) is 4. The van der Waals surface area contributed by atoms with Crippen molar-refractivity contribution in [2.45, 2.75) is 39.9 Å². The second kappa shape index (κ2) is 16.4. The number of fused-ring (bicyclic) bond motifs is 1. The number of hydrazine groups is 1. The van der Waals surface area contributed by atoms with Crippen LogP contribution in [-0.4, -0.2) is 76.2 Å². The van der Waals surface area contributed by atoms with E-state index in [0.717, 1.165) is 22.4 Å². The maximum atomic E-state index is 13.3. The molecule has 0 saturated carbocycles. The van der Waals surface area contributed by atoms with E-state index in [1.54, 1.807) is 23.2 Å². The Morgan fingerprint density at radius 1 is 1.02 bits per heavy atom. The van der Waals surface area contributed by atoms with E-state index in [0.29, 0.717) is 32.2 Å². The number of aromatic nitrogens is 2. The number of hydrogen-bond acceptors (Lipinski definition) is 6. The van der Waals surface area contributed by atoms with Gasteiger partial charge in [0, 0.05) is 56.7 Å². The molecule has 220 valence electrons.